The minimum Gasteiger partial charge on any atom is -0.451 e. The second-order valence-electron chi connectivity index (χ2n) is 6.82. The van der Waals surface area contributed by atoms with Crippen LogP contribution in [0.4, 0.5) is 0 Å². The van der Waals surface area contributed by atoms with Gasteiger partial charge in [0, 0.05) is 12.8 Å². The minimum absolute atomic E-state index is 0.0545. The molecule has 2 atom stereocenters. The average Bonchev–Trinajstić information content (AvgIpc) is 2.32. The van der Waals surface area contributed by atoms with Crippen molar-refractivity contribution in [3.05, 3.63) is 0 Å². The van der Waals surface area contributed by atoms with Crippen LogP contribution in [0.3, 0.4) is 0 Å². The lowest BCUT2D eigenvalue weighted by atomic mass is 9.49. The topological polar surface area (TPSA) is 89.9 Å². The molecular formula is C14H16O6. The summed E-state index contributed by atoms with van der Waals surface area (Å²) in [6.45, 7) is 0. The average molecular weight is 280 g/mol. The highest BCUT2D eigenvalue weighted by Gasteiger charge is 2.72. The predicted molar refractivity (Wildman–Crippen MR) is 63.4 cm³/mol. The predicted octanol–water partition coefficient (Wildman–Crippen LogP) is 0.252. The van der Waals surface area contributed by atoms with Gasteiger partial charge in [-0.05, 0) is 25.2 Å². The summed E-state index contributed by atoms with van der Waals surface area (Å²) < 4.78 is 10.9. The number of esters is 2. The molecule has 0 aromatic heterocycles. The van der Waals surface area contributed by atoms with Crippen LogP contribution in [0.15, 0.2) is 0 Å². The number of hydrogen-bond donors (Lipinski definition) is 1. The number of ether oxygens (including phenoxy) is 2. The third-order valence-corrected chi connectivity index (χ3v) is 5.11. The molecule has 0 amide bonds. The number of ketones is 1. The zero-order valence-corrected chi connectivity index (χ0v) is 11.0. The van der Waals surface area contributed by atoms with E-state index in [2.05, 4.69) is 0 Å². The van der Waals surface area contributed by atoms with Crippen molar-refractivity contribution in [2.24, 2.45) is 5.92 Å². The number of Topliss-reactive ketones (excluding diaryl/α,β-unsaturated/α-hetero) is 1. The lowest BCUT2D eigenvalue weighted by molar-refractivity contribution is -0.246. The summed E-state index contributed by atoms with van der Waals surface area (Å²) in [5.74, 6) is -1.39. The third-order valence-electron chi connectivity index (χ3n) is 5.11. The molecule has 5 aliphatic rings. The lowest BCUT2D eigenvalue weighted by Gasteiger charge is -2.61. The summed E-state index contributed by atoms with van der Waals surface area (Å²) in [6, 6.07) is 0. The molecule has 1 heterocycles. The number of aliphatic hydroxyl groups is 1. The van der Waals surface area contributed by atoms with Gasteiger partial charge in [-0.1, -0.05) is 0 Å². The first kappa shape index (κ1) is 12.3. The fourth-order valence-corrected chi connectivity index (χ4v) is 4.85. The highest BCUT2D eigenvalue weighted by molar-refractivity contribution is 6.01. The van der Waals surface area contributed by atoms with Gasteiger partial charge in [0.25, 0.3) is 0 Å². The summed E-state index contributed by atoms with van der Waals surface area (Å²) in [6.07, 6.45) is 1.60. The van der Waals surface area contributed by atoms with Crippen molar-refractivity contribution in [2.45, 2.75) is 61.7 Å². The molecule has 5 rings (SSSR count). The van der Waals surface area contributed by atoms with E-state index in [-0.39, 0.29) is 37.4 Å². The van der Waals surface area contributed by atoms with Crippen LogP contribution in [0.25, 0.3) is 0 Å². The monoisotopic (exact) mass is 280 g/mol. The maximum absolute atomic E-state index is 12.8. The summed E-state index contributed by atoms with van der Waals surface area (Å²) in [5, 5.41) is 10.7. The van der Waals surface area contributed by atoms with Gasteiger partial charge in [0.15, 0.2) is 11.2 Å². The number of rotatable bonds is 0. The van der Waals surface area contributed by atoms with E-state index in [0.717, 1.165) is 0 Å². The first-order valence-electron chi connectivity index (χ1n) is 7.06. The van der Waals surface area contributed by atoms with Gasteiger partial charge in [-0.2, -0.15) is 0 Å². The Bertz CT molecular complexity index is 500. The number of hydrogen-bond acceptors (Lipinski definition) is 6. The Balaban J connectivity index is 1.87. The Kier molecular flexibility index (Phi) is 2.11. The first-order valence-corrected chi connectivity index (χ1v) is 7.06. The van der Waals surface area contributed by atoms with Crippen molar-refractivity contribution in [3.63, 3.8) is 0 Å². The molecule has 6 nitrogen and oxygen atoms in total. The summed E-state index contributed by atoms with van der Waals surface area (Å²) >= 11 is 0. The number of carbonyl (C=O) groups excluding carboxylic acids is 3. The van der Waals surface area contributed by atoms with Crippen molar-refractivity contribution in [1.29, 1.82) is 0 Å². The van der Waals surface area contributed by atoms with Crippen molar-refractivity contribution in [3.8, 4) is 0 Å². The van der Waals surface area contributed by atoms with E-state index in [0.29, 0.717) is 19.3 Å². The van der Waals surface area contributed by atoms with E-state index in [1.54, 1.807) is 0 Å². The van der Waals surface area contributed by atoms with Crippen LogP contribution in [0.2, 0.25) is 0 Å². The molecule has 4 bridgehead atoms. The summed E-state index contributed by atoms with van der Waals surface area (Å²) in [5.41, 5.74) is -3.63. The molecule has 0 aromatic carbocycles. The van der Waals surface area contributed by atoms with Crippen LogP contribution in [0, 0.1) is 5.92 Å². The molecule has 1 saturated heterocycles. The van der Waals surface area contributed by atoms with E-state index in [1.165, 1.54) is 0 Å². The van der Waals surface area contributed by atoms with E-state index in [4.69, 9.17) is 9.47 Å². The van der Waals surface area contributed by atoms with E-state index >= 15 is 0 Å². The molecule has 0 aromatic rings. The van der Waals surface area contributed by atoms with Gasteiger partial charge < -0.3 is 14.6 Å². The summed E-state index contributed by atoms with van der Waals surface area (Å²) in [7, 11) is 0. The standard InChI is InChI=1S/C14H16O6/c15-9-1-2-10(16)20-14-5-8-3-12(18,7-14)6-13(4-8,19-9)11(14)17/h8,18H,1-7H2. The van der Waals surface area contributed by atoms with Gasteiger partial charge in [-0.3, -0.25) is 14.4 Å². The normalized spacial score (nSPS) is 50.0. The van der Waals surface area contributed by atoms with E-state index < -0.39 is 28.7 Å². The van der Waals surface area contributed by atoms with Crippen LogP contribution >= 0.6 is 0 Å². The molecule has 0 radical (unpaired) electrons. The molecule has 20 heavy (non-hydrogen) atoms. The highest BCUT2D eigenvalue weighted by atomic mass is 16.6. The molecule has 2 spiro atoms. The second kappa shape index (κ2) is 3.42. The Morgan fingerprint density at radius 1 is 0.900 bits per heavy atom. The Labute approximate surface area is 115 Å². The number of carbonyl (C=O) groups is 3. The van der Waals surface area contributed by atoms with E-state index in [9.17, 15) is 19.5 Å². The van der Waals surface area contributed by atoms with Crippen molar-refractivity contribution in [2.75, 3.05) is 0 Å². The summed E-state index contributed by atoms with van der Waals surface area (Å²) in [4.78, 5) is 36.5. The fourth-order valence-electron chi connectivity index (χ4n) is 4.85. The SMILES string of the molecule is O=C1CCC(=O)OC23CC4CC(O)(CC(C4)(O1)C2=O)C3. The van der Waals surface area contributed by atoms with Crippen molar-refractivity contribution in [1.82, 2.24) is 0 Å². The Morgan fingerprint density at radius 2 is 1.40 bits per heavy atom. The van der Waals surface area contributed by atoms with Crippen LogP contribution in [-0.4, -0.2) is 39.6 Å². The molecule has 108 valence electrons. The highest BCUT2D eigenvalue weighted by Crippen LogP contribution is 2.60. The molecule has 4 saturated carbocycles. The van der Waals surface area contributed by atoms with Crippen molar-refractivity contribution < 1.29 is 29.0 Å². The Morgan fingerprint density at radius 3 is 1.85 bits per heavy atom. The van der Waals surface area contributed by atoms with Crippen molar-refractivity contribution >= 4 is 17.7 Å². The zero-order chi connectivity index (χ0) is 14.2. The maximum atomic E-state index is 12.8. The largest absolute Gasteiger partial charge is 0.451 e. The molecule has 4 aliphatic carbocycles. The van der Waals surface area contributed by atoms with Gasteiger partial charge >= 0.3 is 11.9 Å². The van der Waals surface area contributed by atoms with Gasteiger partial charge in [0.05, 0.1) is 18.4 Å². The lowest BCUT2D eigenvalue weighted by Crippen LogP contribution is -2.73. The van der Waals surface area contributed by atoms with Gasteiger partial charge in [0.1, 0.15) is 0 Å². The molecule has 6 heteroatoms. The minimum atomic E-state index is -1.28. The van der Waals surface area contributed by atoms with Gasteiger partial charge in [-0.25, -0.2) is 0 Å². The first-order chi connectivity index (χ1) is 9.35. The maximum Gasteiger partial charge on any atom is 0.307 e. The van der Waals surface area contributed by atoms with Crippen LogP contribution in [0.1, 0.15) is 44.9 Å². The molecule has 1 aliphatic heterocycles. The molecule has 2 unspecified atom stereocenters. The van der Waals surface area contributed by atoms with Gasteiger partial charge in [-0.15, -0.1) is 0 Å². The molecular weight excluding hydrogens is 264 g/mol. The van der Waals surface area contributed by atoms with Crippen LogP contribution in [0.5, 0.6) is 0 Å². The third kappa shape index (κ3) is 1.45. The second-order valence-corrected chi connectivity index (χ2v) is 6.82. The Hall–Kier alpha value is -1.43. The zero-order valence-electron chi connectivity index (χ0n) is 11.0. The fraction of sp³-hybridized carbons (Fsp3) is 0.786. The molecule has 1 N–H and O–H groups in total. The smallest absolute Gasteiger partial charge is 0.307 e. The van der Waals surface area contributed by atoms with Crippen LogP contribution in [-0.2, 0) is 23.9 Å². The van der Waals surface area contributed by atoms with Crippen LogP contribution < -0.4 is 0 Å². The quantitative estimate of drug-likeness (QED) is 0.640. The van der Waals surface area contributed by atoms with Gasteiger partial charge in [0.2, 0.25) is 5.78 Å². The van der Waals surface area contributed by atoms with E-state index in [1.807, 2.05) is 0 Å². The molecule has 5 fully saturated rings.